The van der Waals surface area contributed by atoms with Crippen molar-refractivity contribution in [3.8, 4) is 0 Å². The molecule has 2 aromatic carbocycles. The summed E-state index contributed by atoms with van der Waals surface area (Å²) >= 11 is 1.44. The van der Waals surface area contributed by atoms with Crippen LogP contribution in [0.5, 0.6) is 0 Å². The molecule has 0 aromatic heterocycles. The molecule has 150 valence electrons. The van der Waals surface area contributed by atoms with Gasteiger partial charge in [-0.2, -0.15) is 0 Å². The molecule has 1 aliphatic rings. The summed E-state index contributed by atoms with van der Waals surface area (Å²) in [5, 5.41) is 2.69. The number of rotatable bonds is 6. The summed E-state index contributed by atoms with van der Waals surface area (Å²) in [7, 11) is -3.76. The third-order valence-corrected chi connectivity index (χ3v) is 6.81. The highest BCUT2D eigenvalue weighted by Crippen LogP contribution is 2.29. The number of anilines is 3. The molecule has 6 nitrogen and oxygen atoms in total. The van der Waals surface area contributed by atoms with Crippen molar-refractivity contribution in [3.63, 3.8) is 0 Å². The summed E-state index contributed by atoms with van der Waals surface area (Å²) in [5.74, 6) is -0.244. The molecule has 1 heterocycles. The van der Waals surface area contributed by atoms with E-state index in [9.17, 15) is 13.2 Å². The quantitative estimate of drug-likeness (QED) is 0.688. The Morgan fingerprint density at radius 1 is 1.04 bits per heavy atom. The number of piperidine rings is 1. The minimum Gasteiger partial charge on any atom is -0.372 e. The number of nitrogens with one attached hydrogen (secondary N) is 2. The van der Waals surface area contributed by atoms with Crippen molar-refractivity contribution >= 4 is 44.8 Å². The molecule has 0 unspecified atom stereocenters. The Kier molecular flexibility index (Phi) is 6.51. The number of amides is 1. The highest BCUT2D eigenvalue weighted by Gasteiger charge is 2.17. The van der Waals surface area contributed by atoms with E-state index < -0.39 is 10.0 Å². The molecule has 0 bridgehead atoms. The summed E-state index contributed by atoms with van der Waals surface area (Å²) in [4.78, 5) is 14.6. The minimum atomic E-state index is -3.76. The zero-order valence-corrected chi connectivity index (χ0v) is 17.7. The lowest BCUT2D eigenvalue weighted by Gasteiger charge is -2.28. The lowest BCUT2D eigenvalue weighted by Crippen LogP contribution is -2.29. The number of thioether (sulfide) groups is 1. The van der Waals surface area contributed by atoms with Crippen LogP contribution in [0.25, 0.3) is 0 Å². The van der Waals surface area contributed by atoms with Crippen molar-refractivity contribution in [2.24, 2.45) is 0 Å². The van der Waals surface area contributed by atoms with Gasteiger partial charge in [0.25, 0.3) is 10.0 Å². The molecule has 1 amide bonds. The van der Waals surface area contributed by atoms with Gasteiger partial charge in [0.1, 0.15) is 0 Å². The fourth-order valence-electron chi connectivity index (χ4n) is 3.25. The fraction of sp³-hybridized carbons (Fsp3) is 0.350. The summed E-state index contributed by atoms with van der Waals surface area (Å²) < 4.78 is 28.2. The number of hydrogen-bond donors (Lipinski definition) is 2. The first-order chi connectivity index (χ1) is 13.4. The Morgan fingerprint density at radius 2 is 1.71 bits per heavy atom. The molecule has 28 heavy (non-hydrogen) atoms. The normalized spacial score (nSPS) is 14.6. The third kappa shape index (κ3) is 4.99. The summed E-state index contributed by atoms with van der Waals surface area (Å²) in [6, 6.07) is 12.2. The minimum absolute atomic E-state index is 0.106. The zero-order valence-electron chi connectivity index (χ0n) is 16.1. The number of hydrogen-bond acceptors (Lipinski definition) is 5. The molecule has 0 atom stereocenters. The van der Waals surface area contributed by atoms with Gasteiger partial charge in [0, 0.05) is 36.3 Å². The van der Waals surface area contributed by atoms with Gasteiger partial charge in [0.15, 0.2) is 0 Å². The second-order valence-corrected chi connectivity index (χ2v) is 9.27. The van der Waals surface area contributed by atoms with Crippen molar-refractivity contribution < 1.29 is 13.2 Å². The van der Waals surface area contributed by atoms with Crippen LogP contribution < -0.4 is 14.9 Å². The molecule has 2 aromatic rings. The number of benzene rings is 2. The summed E-state index contributed by atoms with van der Waals surface area (Å²) in [5.41, 5.74) is 2.11. The standard InChI is InChI=1S/C20H25N3O3S2/c1-15(24)21-19-14-18(10-11-20(19)27-2)28(25,26)22-16-6-8-17(9-7-16)23-12-4-3-5-13-23/h6-11,14,22H,3-5,12-13H2,1-2H3,(H,21,24). The summed E-state index contributed by atoms with van der Waals surface area (Å²) in [6.07, 6.45) is 5.52. The maximum Gasteiger partial charge on any atom is 0.261 e. The molecular weight excluding hydrogens is 394 g/mol. The van der Waals surface area contributed by atoms with Gasteiger partial charge < -0.3 is 10.2 Å². The van der Waals surface area contributed by atoms with Gasteiger partial charge >= 0.3 is 0 Å². The predicted octanol–water partition coefficient (Wildman–Crippen LogP) is 4.16. The molecule has 0 aliphatic carbocycles. The Balaban J connectivity index is 1.78. The Hall–Kier alpha value is -2.19. The van der Waals surface area contributed by atoms with Gasteiger partial charge in [-0.3, -0.25) is 9.52 Å². The maximum absolute atomic E-state index is 12.8. The highest BCUT2D eigenvalue weighted by atomic mass is 32.2. The zero-order chi connectivity index (χ0) is 20.1. The van der Waals surface area contributed by atoms with E-state index in [2.05, 4.69) is 14.9 Å². The van der Waals surface area contributed by atoms with Crippen LogP contribution in [0.15, 0.2) is 52.3 Å². The molecule has 1 aliphatic heterocycles. The molecule has 1 fully saturated rings. The molecule has 8 heteroatoms. The second-order valence-electron chi connectivity index (χ2n) is 6.74. The smallest absolute Gasteiger partial charge is 0.261 e. The number of sulfonamides is 1. The van der Waals surface area contributed by atoms with E-state index in [4.69, 9.17) is 0 Å². The van der Waals surface area contributed by atoms with Crippen LogP contribution in [0.4, 0.5) is 17.1 Å². The van der Waals surface area contributed by atoms with E-state index in [1.165, 1.54) is 44.0 Å². The predicted molar refractivity (Wildman–Crippen MR) is 116 cm³/mol. The third-order valence-electron chi connectivity index (χ3n) is 4.63. The van der Waals surface area contributed by atoms with Crippen molar-refractivity contribution in [1.29, 1.82) is 0 Å². The van der Waals surface area contributed by atoms with Gasteiger partial charge in [-0.25, -0.2) is 8.42 Å². The lowest BCUT2D eigenvalue weighted by atomic mass is 10.1. The van der Waals surface area contributed by atoms with Crippen LogP contribution >= 0.6 is 11.8 Å². The molecule has 0 saturated carbocycles. The van der Waals surface area contributed by atoms with Gasteiger partial charge in [0.05, 0.1) is 10.6 Å². The fourth-order valence-corrected chi connectivity index (χ4v) is 4.87. The highest BCUT2D eigenvalue weighted by molar-refractivity contribution is 7.98. The SMILES string of the molecule is CSc1ccc(S(=O)(=O)Nc2ccc(N3CCCCC3)cc2)cc1NC(C)=O. The molecule has 1 saturated heterocycles. The van der Waals surface area contributed by atoms with Crippen LogP contribution in [0, 0.1) is 0 Å². The first-order valence-corrected chi connectivity index (χ1v) is 11.9. The first kappa shape index (κ1) is 20.5. The average Bonchev–Trinajstić information content (AvgIpc) is 2.68. The number of carbonyl (C=O) groups excluding carboxylic acids is 1. The van der Waals surface area contributed by atoms with Crippen LogP contribution in [-0.2, 0) is 14.8 Å². The van der Waals surface area contributed by atoms with E-state index in [0.29, 0.717) is 11.4 Å². The van der Waals surface area contributed by atoms with E-state index in [1.54, 1.807) is 24.3 Å². The van der Waals surface area contributed by atoms with Gasteiger partial charge in [0.2, 0.25) is 5.91 Å². The van der Waals surface area contributed by atoms with Crippen molar-refractivity contribution in [1.82, 2.24) is 0 Å². The monoisotopic (exact) mass is 419 g/mol. The van der Waals surface area contributed by atoms with E-state index >= 15 is 0 Å². The average molecular weight is 420 g/mol. The molecule has 0 spiro atoms. The Labute approximate surface area is 170 Å². The van der Waals surface area contributed by atoms with Crippen molar-refractivity contribution in [2.45, 2.75) is 36.0 Å². The Morgan fingerprint density at radius 3 is 2.32 bits per heavy atom. The van der Waals surface area contributed by atoms with Crippen molar-refractivity contribution in [2.75, 3.05) is 34.3 Å². The lowest BCUT2D eigenvalue weighted by molar-refractivity contribution is -0.114. The van der Waals surface area contributed by atoms with Gasteiger partial charge in [-0.15, -0.1) is 11.8 Å². The van der Waals surface area contributed by atoms with E-state index in [0.717, 1.165) is 23.7 Å². The number of nitrogens with zero attached hydrogens (tertiary/aromatic N) is 1. The second kappa shape index (κ2) is 8.87. The van der Waals surface area contributed by atoms with Crippen LogP contribution in [0.2, 0.25) is 0 Å². The summed E-state index contributed by atoms with van der Waals surface area (Å²) in [6.45, 7) is 3.48. The topological polar surface area (TPSA) is 78.5 Å². The van der Waals surface area contributed by atoms with Crippen molar-refractivity contribution in [3.05, 3.63) is 42.5 Å². The van der Waals surface area contributed by atoms with Crippen LogP contribution in [0.1, 0.15) is 26.2 Å². The molecule has 2 N–H and O–H groups in total. The maximum atomic E-state index is 12.8. The van der Waals surface area contributed by atoms with Gasteiger partial charge in [-0.1, -0.05) is 0 Å². The molecular formula is C20H25N3O3S2. The van der Waals surface area contributed by atoms with E-state index in [1.807, 2.05) is 18.4 Å². The molecule has 0 radical (unpaired) electrons. The largest absolute Gasteiger partial charge is 0.372 e. The number of carbonyl (C=O) groups is 1. The van der Waals surface area contributed by atoms with Crippen LogP contribution in [-0.4, -0.2) is 33.7 Å². The van der Waals surface area contributed by atoms with E-state index in [-0.39, 0.29) is 10.8 Å². The first-order valence-electron chi connectivity index (χ1n) is 9.22. The van der Waals surface area contributed by atoms with Crippen LogP contribution in [0.3, 0.4) is 0 Å². The van der Waals surface area contributed by atoms with Gasteiger partial charge in [-0.05, 0) is 68.0 Å². The molecule has 3 rings (SSSR count). The Bertz CT molecular complexity index is 938.